The van der Waals surface area contributed by atoms with Gasteiger partial charge in [0.05, 0.1) is 4.90 Å². The quantitative estimate of drug-likeness (QED) is 0.829. The van der Waals surface area contributed by atoms with E-state index in [1.54, 1.807) is 6.92 Å². The fourth-order valence-electron chi connectivity index (χ4n) is 1.43. The third-order valence-electron chi connectivity index (χ3n) is 2.37. The summed E-state index contributed by atoms with van der Waals surface area (Å²) in [6.45, 7) is 1.57. The maximum absolute atomic E-state index is 13.7. The Labute approximate surface area is 125 Å². The van der Waals surface area contributed by atoms with Gasteiger partial charge in [0.1, 0.15) is 16.5 Å². The van der Waals surface area contributed by atoms with Crippen LogP contribution in [0.25, 0.3) is 0 Å². The Kier molecular flexibility index (Phi) is 4.00. The van der Waals surface area contributed by atoms with Crippen LogP contribution in [0.2, 0.25) is 0 Å². The number of nitrogens with zero attached hydrogens (tertiary/aromatic N) is 2. The molecular formula is C10H10FN3O4S3. The molecule has 2 rings (SSSR count). The van der Waals surface area contributed by atoms with E-state index in [1.807, 2.05) is 0 Å². The van der Waals surface area contributed by atoms with Gasteiger partial charge in [-0.05, 0) is 25.1 Å². The molecule has 114 valence electrons. The van der Waals surface area contributed by atoms with E-state index in [9.17, 15) is 21.2 Å². The summed E-state index contributed by atoms with van der Waals surface area (Å²) in [7, 11) is -7.95. The molecule has 1 N–H and O–H groups in total. The standard InChI is InChI=1S/C10H10FN3O4S3/c1-6-12-10(19-13-6)14-21(17,18)9-5-7(20(2,15)16)3-4-8(9)11/h3-5H,1-2H3,(H,12,13,14). The molecule has 0 fully saturated rings. The molecule has 0 aliphatic rings. The smallest absolute Gasteiger partial charge is 0.253 e. The Hall–Kier alpha value is -1.59. The van der Waals surface area contributed by atoms with E-state index in [2.05, 4.69) is 14.1 Å². The first-order valence-electron chi connectivity index (χ1n) is 5.42. The zero-order valence-electron chi connectivity index (χ0n) is 10.9. The Morgan fingerprint density at radius 1 is 1.24 bits per heavy atom. The molecule has 0 saturated heterocycles. The maximum Gasteiger partial charge on any atom is 0.266 e. The molecule has 1 aromatic carbocycles. The zero-order chi connectivity index (χ0) is 15.8. The van der Waals surface area contributed by atoms with Gasteiger partial charge in [0.2, 0.25) is 5.13 Å². The second-order valence-corrected chi connectivity index (χ2v) is 8.54. The summed E-state index contributed by atoms with van der Waals surface area (Å²) in [5.41, 5.74) is 0. The van der Waals surface area contributed by atoms with Gasteiger partial charge in [-0.2, -0.15) is 4.37 Å². The molecule has 11 heteroatoms. The predicted octanol–water partition coefficient (Wildman–Crippen LogP) is 1.19. The van der Waals surface area contributed by atoms with Crippen molar-refractivity contribution in [1.29, 1.82) is 0 Å². The van der Waals surface area contributed by atoms with Crippen LogP contribution in [0, 0.1) is 12.7 Å². The number of sulfone groups is 1. The number of halogens is 1. The van der Waals surface area contributed by atoms with Gasteiger partial charge in [0, 0.05) is 17.8 Å². The normalized spacial score (nSPS) is 12.3. The van der Waals surface area contributed by atoms with E-state index < -0.39 is 30.6 Å². The number of aromatic nitrogens is 2. The number of aryl methyl sites for hydroxylation is 1. The highest BCUT2D eigenvalue weighted by Crippen LogP contribution is 2.23. The van der Waals surface area contributed by atoms with E-state index in [4.69, 9.17) is 0 Å². The Bertz CT molecular complexity index is 890. The van der Waals surface area contributed by atoms with Crippen LogP contribution in [0.1, 0.15) is 5.82 Å². The van der Waals surface area contributed by atoms with E-state index in [-0.39, 0.29) is 10.0 Å². The third kappa shape index (κ3) is 3.54. The highest BCUT2D eigenvalue weighted by Gasteiger charge is 2.23. The van der Waals surface area contributed by atoms with Gasteiger partial charge >= 0.3 is 0 Å². The average molecular weight is 351 g/mol. The lowest BCUT2D eigenvalue weighted by molar-refractivity contribution is 0.567. The molecule has 0 spiro atoms. The second kappa shape index (κ2) is 5.31. The molecule has 0 saturated carbocycles. The first-order chi connectivity index (χ1) is 9.59. The lowest BCUT2D eigenvalue weighted by atomic mass is 10.3. The van der Waals surface area contributed by atoms with Crippen molar-refractivity contribution in [2.24, 2.45) is 0 Å². The molecule has 0 aliphatic heterocycles. The summed E-state index contributed by atoms with van der Waals surface area (Å²) < 4.78 is 66.6. The average Bonchev–Trinajstić information content (AvgIpc) is 2.72. The summed E-state index contributed by atoms with van der Waals surface area (Å²) in [5, 5.41) is -0.0309. The van der Waals surface area contributed by atoms with Gasteiger partial charge in [-0.15, -0.1) is 0 Å². The number of nitrogens with one attached hydrogen (secondary N) is 1. The lowest BCUT2D eigenvalue weighted by Gasteiger charge is -2.07. The zero-order valence-corrected chi connectivity index (χ0v) is 13.3. The number of benzene rings is 1. The van der Waals surface area contributed by atoms with Gasteiger partial charge in [-0.1, -0.05) is 0 Å². The van der Waals surface area contributed by atoms with Crippen LogP contribution in [0.15, 0.2) is 28.0 Å². The summed E-state index contributed by atoms with van der Waals surface area (Å²) in [6, 6.07) is 2.55. The lowest BCUT2D eigenvalue weighted by Crippen LogP contribution is -2.15. The second-order valence-electron chi connectivity index (χ2n) is 4.12. The van der Waals surface area contributed by atoms with Gasteiger partial charge in [0.25, 0.3) is 10.0 Å². The van der Waals surface area contributed by atoms with Gasteiger partial charge in [-0.25, -0.2) is 26.2 Å². The summed E-state index contributed by atoms with van der Waals surface area (Å²) in [4.78, 5) is 2.74. The number of hydrogen-bond donors (Lipinski definition) is 1. The minimum absolute atomic E-state index is 0.0309. The maximum atomic E-state index is 13.7. The monoisotopic (exact) mass is 351 g/mol. The van der Waals surface area contributed by atoms with Crippen LogP contribution in [0.3, 0.4) is 0 Å². The Morgan fingerprint density at radius 3 is 2.43 bits per heavy atom. The molecule has 0 unspecified atom stereocenters. The molecule has 1 heterocycles. The van der Waals surface area contributed by atoms with Crippen molar-refractivity contribution in [1.82, 2.24) is 9.36 Å². The first-order valence-corrected chi connectivity index (χ1v) is 9.57. The van der Waals surface area contributed by atoms with Gasteiger partial charge < -0.3 is 0 Å². The van der Waals surface area contributed by atoms with E-state index in [1.165, 1.54) is 0 Å². The highest BCUT2D eigenvalue weighted by molar-refractivity contribution is 7.93. The van der Waals surface area contributed by atoms with Crippen LogP contribution in [-0.4, -0.2) is 32.4 Å². The van der Waals surface area contributed by atoms with E-state index >= 15 is 0 Å². The van der Waals surface area contributed by atoms with Gasteiger partial charge in [-0.3, -0.25) is 4.72 Å². The molecule has 0 radical (unpaired) electrons. The fraction of sp³-hybridized carbons (Fsp3) is 0.200. The minimum atomic E-state index is -4.29. The topological polar surface area (TPSA) is 106 Å². The summed E-state index contributed by atoms with van der Waals surface area (Å²) in [6.07, 6.45) is 0.901. The van der Waals surface area contributed by atoms with Crippen LogP contribution < -0.4 is 4.72 Å². The number of hydrogen-bond acceptors (Lipinski definition) is 7. The first kappa shape index (κ1) is 15.8. The van der Waals surface area contributed by atoms with Crippen molar-refractivity contribution in [3.63, 3.8) is 0 Å². The van der Waals surface area contributed by atoms with Crippen molar-refractivity contribution in [3.05, 3.63) is 29.8 Å². The molecule has 2 aromatic rings. The molecule has 7 nitrogen and oxygen atoms in total. The summed E-state index contributed by atoms with van der Waals surface area (Å²) >= 11 is 0.795. The molecule has 1 aromatic heterocycles. The minimum Gasteiger partial charge on any atom is -0.253 e. The molecule has 0 aliphatic carbocycles. The van der Waals surface area contributed by atoms with Crippen molar-refractivity contribution in [2.45, 2.75) is 16.7 Å². The predicted molar refractivity (Wildman–Crippen MR) is 75.0 cm³/mol. The number of rotatable bonds is 4. The van der Waals surface area contributed by atoms with Crippen molar-refractivity contribution < 1.29 is 21.2 Å². The SMILES string of the molecule is Cc1nsc(NS(=O)(=O)c2cc(S(C)(=O)=O)ccc2F)n1. The fourth-order valence-corrected chi connectivity index (χ4v) is 4.05. The van der Waals surface area contributed by atoms with Gasteiger partial charge in [0.15, 0.2) is 9.84 Å². The molecule has 0 atom stereocenters. The molecule has 0 amide bonds. The van der Waals surface area contributed by atoms with E-state index in [0.717, 1.165) is 36.0 Å². The van der Waals surface area contributed by atoms with Crippen LogP contribution in [0.4, 0.5) is 9.52 Å². The molecule has 0 bridgehead atoms. The Morgan fingerprint density at radius 2 is 1.90 bits per heavy atom. The third-order valence-corrected chi connectivity index (χ3v) is 5.68. The largest absolute Gasteiger partial charge is 0.266 e. The number of anilines is 1. The van der Waals surface area contributed by atoms with Crippen LogP contribution in [-0.2, 0) is 19.9 Å². The number of sulfonamides is 1. The van der Waals surface area contributed by atoms with Crippen molar-refractivity contribution >= 4 is 36.5 Å². The molecular weight excluding hydrogens is 341 g/mol. The van der Waals surface area contributed by atoms with Crippen molar-refractivity contribution in [2.75, 3.05) is 11.0 Å². The van der Waals surface area contributed by atoms with Crippen LogP contribution >= 0.6 is 11.5 Å². The van der Waals surface area contributed by atoms with Crippen LogP contribution in [0.5, 0.6) is 0 Å². The van der Waals surface area contributed by atoms with E-state index in [0.29, 0.717) is 5.82 Å². The Balaban J connectivity index is 2.49. The molecule has 21 heavy (non-hydrogen) atoms. The summed E-state index contributed by atoms with van der Waals surface area (Å²) in [5.74, 6) is -0.695. The highest BCUT2D eigenvalue weighted by atomic mass is 32.2. The van der Waals surface area contributed by atoms with Crippen molar-refractivity contribution in [3.8, 4) is 0 Å².